The van der Waals surface area contributed by atoms with Crippen molar-refractivity contribution in [1.29, 1.82) is 0 Å². The fourth-order valence-electron chi connectivity index (χ4n) is 2.28. The van der Waals surface area contributed by atoms with Crippen LogP contribution in [0, 0.1) is 13.8 Å². The molecule has 0 aromatic carbocycles. The molecule has 0 aliphatic heterocycles. The molecule has 0 spiro atoms. The Balaban J connectivity index is 1.74. The number of nitrogens with zero attached hydrogens (tertiary/aromatic N) is 2. The van der Waals surface area contributed by atoms with Crippen molar-refractivity contribution < 1.29 is 4.79 Å². The van der Waals surface area contributed by atoms with Crippen molar-refractivity contribution in [1.82, 2.24) is 20.3 Å². The molecule has 0 atom stereocenters. The number of rotatable bonds is 4. The Morgan fingerprint density at radius 1 is 1.48 bits per heavy atom. The molecular formula is C15H17BrN4O. The highest BCUT2D eigenvalue weighted by atomic mass is 79.9. The number of imidazole rings is 1. The highest BCUT2D eigenvalue weighted by molar-refractivity contribution is 9.10. The molecule has 0 radical (unpaired) electrons. The third-order valence-electron chi connectivity index (χ3n) is 3.69. The van der Waals surface area contributed by atoms with Crippen LogP contribution < -0.4 is 5.32 Å². The van der Waals surface area contributed by atoms with Crippen LogP contribution in [0.5, 0.6) is 0 Å². The van der Waals surface area contributed by atoms with Crippen molar-refractivity contribution >= 4 is 21.8 Å². The van der Waals surface area contributed by atoms with E-state index in [0.717, 1.165) is 40.2 Å². The number of pyridine rings is 1. The second-order valence-electron chi connectivity index (χ2n) is 5.44. The molecule has 2 heterocycles. The molecule has 21 heavy (non-hydrogen) atoms. The average molecular weight is 349 g/mol. The van der Waals surface area contributed by atoms with Gasteiger partial charge in [0.25, 0.3) is 5.91 Å². The van der Waals surface area contributed by atoms with Crippen LogP contribution >= 0.6 is 15.9 Å². The van der Waals surface area contributed by atoms with Crippen LogP contribution in [0.25, 0.3) is 0 Å². The van der Waals surface area contributed by atoms with Gasteiger partial charge in [0.2, 0.25) is 0 Å². The van der Waals surface area contributed by atoms with Crippen molar-refractivity contribution in [2.75, 3.05) is 0 Å². The SMILES string of the molecule is Cc1nc(CNC(=O)c2cc(Br)cnc2C2CC2)[nH]c1C. The van der Waals surface area contributed by atoms with Crippen LogP contribution in [-0.2, 0) is 6.54 Å². The van der Waals surface area contributed by atoms with Gasteiger partial charge in [0.1, 0.15) is 5.82 Å². The maximum atomic E-state index is 12.4. The van der Waals surface area contributed by atoms with Crippen LogP contribution in [0.2, 0.25) is 0 Å². The third kappa shape index (κ3) is 3.15. The second kappa shape index (κ2) is 5.60. The molecule has 2 aromatic heterocycles. The van der Waals surface area contributed by atoms with Crippen molar-refractivity contribution in [2.45, 2.75) is 39.2 Å². The van der Waals surface area contributed by atoms with E-state index >= 15 is 0 Å². The Kier molecular flexibility index (Phi) is 3.80. The van der Waals surface area contributed by atoms with Gasteiger partial charge in [-0.15, -0.1) is 0 Å². The lowest BCUT2D eigenvalue weighted by atomic mass is 10.1. The van der Waals surface area contributed by atoms with E-state index in [4.69, 9.17) is 0 Å². The lowest BCUT2D eigenvalue weighted by Gasteiger charge is -2.08. The molecule has 1 aliphatic rings. The molecule has 1 saturated carbocycles. The van der Waals surface area contributed by atoms with Crippen LogP contribution in [0.3, 0.4) is 0 Å². The monoisotopic (exact) mass is 348 g/mol. The molecule has 1 aliphatic carbocycles. The van der Waals surface area contributed by atoms with E-state index in [1.807, 2.05) is 19.9 Å². The number of H-pyrrole nitrogens is 1. The summed E-state index contributed by atoms with van der Waals surface area (Å²) in [6.45, 7) is 4.31. The van der Waals surface area contributed by atoms with E-state index in [-0.39, 0.29) is 5.91 Å². The molecule has 0 bridgehead atoms. The molecule has 2 aromatic rings. The van der Waals surface area contributed by atoms with Gasteiger partial charge >= 0.3 is 0 Å². The maximum Gasteiger partial charge on any atom is 0.253 e. The number of aromatic nitrogens is 3. The summed E-state index contributed by atoms with van der Waals surface area (Å²) in [7, 11) is 0. The first-order valence-electron chi connectivity index (χ1n) is 7.00. The summed E-state index contributed by atoms with van der Waals surface area (Å²) in [6.07, 6.45) is 3.99. The van der Waals surface area contributed by atoms with Crippen LogP contribution in [-0.4, -0.2) is 20.9 Å². The van der Waals surface area contributed by atoms with Gasteiger partial charge in [-0.2, -0.15) is 0 Å². The Labute approximate surface area is 131 Å². The topological polar surface area (TPSA) is 70.7 Å². The van der Waals surface area contributed by atoms with E-state index in [0.29, 0.717) is 18.0 Å². The largest absolute Gasteiger partial charge is 0.345 e. The van der Waals surface area contributed by atoms with Gasteiger partial charge in [0.15, 0.2) is 0 Å². The predicted octanol–water partition coefficient (Wildman–Crippen LogP) is 2.99. The minimum Gasteiger partial charge on any atom is -0.345 e. The van der Waals surface area contributed by atoms with Gasteiger partial charge in [-0.05, 0) is 48.7 Å². The van der Waals surface area contributed by atoms with Crippen molar-refractivity contribution in [3.05, 3.63) is 45.2 Å². The average Bonchev–Trinajstić information content (AvgIpc) is 3.23. The van der Waals surface area contributed by atoms with Crippen molar-refractivity contribution in [2.24, 2.45) is 0 Å². The summed E-state index contributed by atoms with van der Waals surface area (Å²) < 4.78 is 0.821. The zero-order valence-electron chi connectivity index (χ0n) is 12.0. The van der Waals surface area contributed by atoms with E-state index in [1.54, 1.807) is 6.20 Å². The molecule has 0 unspecified atom stereocenters. The molecule has 6 heteroatoms. The number of hydrogen-bond acceptors (Lipinski definition) is 3. The van der Waals surface area contributed by atoms with Crippen LogP contribution in [0.1, 0.15) is 52.0 Å². The number of aromatic amines is 1. The van der Waals surface area contributed by atoms with E-state index < -0.39 is 0 Å². The number of halogens is 1. The fraction of sp³-hybridized carbons (Fsp3) is 0.400. The summed E-state index contributed by atoms with van der Waals surface area (Å²) in [5, 5.41) is 2.91. The lowest BCUT2D eigenvalue weighted by Crippen LogP contribution is -2.25. The molecule has 3 rings (SSSR count). The summed E-state index contributed by atoms with van der Waals surface area (Å²) >= 11 is 3.38. The summed E-state index contributed by atoms with van der Waals surface area (Å²) in [5.74, 6) is 1.11. The van der Waals surface area contributed by atoms with Gasteiger partial charge in [0, 0.05) is 22.3 Å². The molecule has 1 amide bonds. The van der Waals surface area contributed by atoms with Gasteiger partial charge in [0.05, 0.1) is 23.5 Å². The quantitative estimate of drug-likeness (QED) is 0.892. The second-order valence-corrected chi connectivity index (χ2v) is 6.35. The predicted molar refractivity (Wildman–Crippen MR) is 83.1 cm³/mol. The van der Waals surface area contributed by atoms with Gasteiger partial charge in [-0.3, -0.25) is 9.78 Å². The Hall–Kier alpha value is -1.69. The first-order valence-corrected chi connectivity index (χ1v) is 7.79. The zero-order valence-corrected chi connectivity index (χ0v) is 13.6. The standard InChI is InChI=1S/C15H17BrN4O/c1-8-9(2)20-13(19-8)7-18-15(21)12-5-11(16)6-17-14(12)10-3-4-10/h5-6,10H,3-4,7H2,1-2H3,(H,18,21)(H,19,20). The van der Waals surface area contributed by atoms with E-state index in [9.17, 15) is 4.79 Å². The number of carbonyl (C=O) groups is 1. The third-order valence-corrected chi connectivity index (χ3v) is 4.12. The minimum atomic E-state index is -0.0996. The number of amides is 1. The first kappa shape index (κ1) is 14.3. The van der Waals surface area contributed by atoms with E-state index in [2.05, 4.69) is 36.2 Å². The summed E-state index contributed by atoms with van der Waals surface area (Å²) in [6, 6.07) is 1.84. The number of hydrogen-bond donors (Lipinski definition) is 2. The summed E-state index contributed by atoms with van der Waals surface area (Å²) in [4.78, 5) is 24.3. The van der Waals surface area contributed by atoms with Gasteiger partial charge in [-0.1, -0.05) is 0 Å². The number of carbonyl (C=O) groups excluding carboxylic acids is 1. The van der Waals surface area contributed by atoms with E-state index in [1.165, 1.54) is 0 Å². The molecule has 1 fully saturated rings. The Morgan fingerprint density at radius 3 is 2.86 bits per heavy atom. The molecular weight excluding hydrogens is 332 g/mol. The van der Waals surface area contributed by atoms with Crippen molar-refractivity contribution in [3.8, 4) is 0 Å². The summed E-state index contributed by atoms with van der Waals surface area (Å²) in [5.41, 5.74) is 3.55. The minimum absolute atomic E-state index is 0.0996. The normalized spacial score (nSPS) is 14.2. The zero-order chi connectivity index (χ0) is 15.0. The molecule has 110 valence electrons. The Morgan fingerprint density at radius 2 is 2.24 bits per heavy atom. The maximum absolute atomic E-state index is 12.4. The molecule has 5 nitrogen and oxygen atoms in total. The van der Waals surface area contributed by atoms with Gasteiger partial charge in [-0.25, -0.2) is 4.98 Å². The lowest BCUT2D eigenvalue weighted by molar-refractivity contribution is 0.0948. The fourth-order valence-corrected chi connectivity index (χ4v) is 2.61. The van der Waals surface area contributed by atoms with Crippen LogP contribution in [0.4, 0.5) is 0 Å². The van der Waals surface area contributed by atoms with Crippen molar-refractivity contribution in [3.63, 3.8) is 0 Å². The number of aryl methyl sites for hydroxylation is 2. The smallest absolute Gasteiger partial charge is 0.253 e. The van der Waals surface area contributed by atoms with Gasteiger partial charge < -0.3 is 10.3 Å². The first-order chi connectivity index (χ1) is 10.0. The highest BCUT2D eigenvalue weighted by Gasteiger charge is 2.29. The van der Waals surface area contributed by atoms with Crippen LogP contribution in [0.15, 0.2) is 16.7 Å². The number of nitrogens with one attached hydrogen (secondary N) is 2. The Bertz CT molecular complexity index is 671. The highest BCUT2D eigenvalue weighted by Crippen LogP contribution is 2.40. The molecule has 0 saturated heterocycles. The molecule has 2 N–H and O–H groups in total.